The Morgan fingerprint density at radius 1 is 1.71 bits per heavy atom. The lowest BCUT2D eigenvalue weighted by molar-refractivity contribution is -0.132. The predicted octanol–water partition coefficient (Wildman–Crippen LogP) is 1.42. The number of nitrogens with two attached hydrogens (primary N) is 1. The van der Waals surface area contributed by atoms with Crippen molar-refractivity contribution in [3.05, 3.63) is 11.1 Å². The second-order valence-electron chi connectivity index (χ2n) is 3.94. The molecule has 0 saturated carbocycles. The summed E-state index contributed by atoms with van der Waals surface area (Å²) in [6.07, 6.45) is 0.598. The van der Waals surface area contributed by atoms with Gasteiger partial charge in [0.05, 0.1) is 24.6 Å². The van der Waals surface area contributed by atoms with Gasteiger partial charge in [-0.15, -0.1) is 11.3 Å². The normalized spacial score (nSPS) is 10.2. The van der Waals surface area contributed by atoms with Crippen molar-refractivity contribution in [1.29, 1.82) is 5.26 Å². The first kappa shape index (κ1) is 13.5. The van der Waals surface area contributed by atoms with Crippen LogP contribution < -0.4 is 5.73 Å². The third kappa shape index (κ3) is 4.04. The lowest BCUT2D eigenvalue weighted by Crippen LogP contribution is -2.38. The zero-order valence-corrected chi connectivity index (χ0v) is 10.8. The van der Waals surface area contributed by atoms with Crippen molar-refractivity contribution in [2.24, 2.45) is 0 Å². The van der Waals surface area contributed by atoms with Crippen molar-refractivity contribution >= 4 is 22.4 Å². The molecule has 0 atom stereocenters. The van der Waals surface area contributed by atoms with Crippen molar-refractivity contribution in [3.8, 4) is 6.07 Å². The number of rotatable bonds is 5. The van der Waals surface area contributed by atoms with Gasteiger partial charge in [-0.2, -0.15) is 5.26 Å². The van der Waals surface area contributed by atoms with Gasteiger partial charge < -0.3 is 10.6 Å². The second-order valence-corrected chi connectivity index (χ2v) is 4.83. The van der Waals surface area contributed by atoms with Crippen molar-refractivity contribution in [1.82, 2.24) is 9.88 Å². The lowest BCUT2D eigenvalue weighted by atomic mass is 10.2. The first-order valence-electron chi connectivity index (χ1n) is 5.41. The number of nitriles is 1. The zero-order chi connectivity index (χ0) is 12.8. The van der Waals surface area contributed by atoms with E-state index in [1.54, 1.807) is 10.3 Å². The van der Waals surface area contributed by atoms with Crippen LogP contribution in [0.25, 0.3) is 0 Å². The van der Waals surface area contributed by atoms with Crippen LogP contribution in [0.5, 0.6) is 0 Å². The molecule has 1 heterocycles. The number of thiazole rings is 1. The SMILES string of the molecule is CC(C)N(CCC#N)C(=O)Cc1csc(N)n1. The fourth-order valence-electron chi connectivity index (χ4n) is 1.50. The summed E-state index contributed by atoms with van der Waals surface area (Å²) in [7, 11) is 0. The predicted molar refractivity (Wildman–Crippen MR) is 67.3 cm³/mol. The number of nitrogens with zero attached hydrogens (tertiary/aromatic N) is 3. The number of carbonyl (C=O) groups is 1. The molecule has 0 aliphatic heterocycles. The van der Waals surface area contributed by atoms with Crippen LogP contribution in [0.1, 0.15) is 26.0 Å². The van der Waals surface area contributed by atoms with E-state index in [9.17, 15) is 4.79 Å². The Balaban J connectivity index is 2.62. The van der Waals surface area contributed by atoms with E-state index < -0.39 is 0 Å². The molecule has 92 valence electrons. The Hall–Kier alpha value is -1.61. The maximum absolute atomic E-state index is 12.0. The van der Waals surface area contributed by atoms with Crippen molar-refractivity contribution in [2.75, 3.05) is 12.3 Å². The average molecular weight is 252 g/mol. The van der Waals surface area contributed by atoms with Gasteiger partial charge in [0.15, 0.2) is 5.13 Å². The van der Waals surface area contributed by atoms with Crippen LogP contribution in [0.4, 0.5) is 5.13 Å². The van der Waals surface area contributed by atoms with Gasteiger partial charge in [0.2, 0.25) is 5.91 Å². The topological polar surface area (TPSA) is 83.0 Å². The average Bonchev–Trinajstić information content (AvgIpc) is 2.64. The smallest absolute Gasteiger partial charge is 0.228 e. The molecular formula is C11H16N4OS. The molecule has 0 spiro atoms. The van der Waals surface area contributed by atoms with Gasteiger partial charge in [0, 0.05) is 18.0 Å². The van der Waals surface area contributed by atoms with Gasteiger partial charge in [-0.1, -0.05) is 0 Å². The Labute approximate surface area is 105 Å². The molecule has 0 saturated heterocycles. The maximum Gasteiger partial charge on any atom is 0.228 e. The third-order valence-electron chi connectivity index (χ3n) is 2.31. The summed E-state index contributed by atoms with van der Waals surface area (Å²) in [5, 5.41) is 10.8. The summed E-state index contributed by atoms with van der Waals surface area (Å²) in [5.74, 6) is -0.0134. The van der Waals surface area contributed by atoms with Gasteiger partial charge in [-0.3, -0.25) is 4.79 Å². The number of nitrogen functional groups attached to an aromatic ring is 1. The molecule has 0 aliphatic rings. The zero-order valence-electron chi connectivity index (χ0n) is 10.0. The highest BCUT2D eigenvalue weighted by atomic mass is 32.1. The highest BCUT2D eigenvalue weighted by molar-refractivity contribution is 7.13. The van der Waals surface area contributed by atoms with Gasteiger partial charge in [0.25, 0.3) is 0 Å². The standard InChI is InChI=1S/C11H16N4OS/c1-8(2)15(5-3-4-12)10(16)6-9-7-17-11(13)14-9/h7-8H,3,5-6H2,1-2H3,(H2,13,14). The van der Waals surface area contributed by atoms with E-state index in [0.717, 1.165) is 0 Å². The molecule has 6 heteroatoms. The molecule has 1 amide bonds. The number of anilines is 1. The van der Waals surface area contributed by atoms with Gasteiger partial charge in [-0.05, 0) is 13.8 Å². The Morgan fingerprint density at radius 3 is 2.88 bits per heavy atom. The first-order chi connectivity index (χ1) is 8.04. The molecule has 1 aromatic rings. The number of amides is 1. The lowest BCUT2D eigenvalue weighted by Gasteiger charge is -2.25. The molecule has 5 nitrogen and oxygen atoms in total. The molecule has 0 bridgehead atoms. The minimum atomic E-state index is -0.0134. The van der Waals surface area contributed by atoms with Gasteiger partial charge in [-0.25, -0.2) is 4.98 Å². The highest BCUT2D eigenvalue weighted by Crippen LogP contribution is 2.13. The molecule has 0 radical (unpaired) electrons. The number of carbonyl (C=O) groups excluding carboxylic acids is 1. The van der Waals surface area contributed by atoms with E-state index in [1.807, 2.05) is 19.9 Å². The van der Waals surface area contributed by atoms with E-state index in [4.69, 9.17) is 11.0 Å². The fraction of sp³-hybridized carbons (Fsp3) is 0.545. The fourth-order valence-corrected chi connectivity index (χ4v) is 2.06. The number of hydrogen-bond acceptors (Lipinski definition) is 5. The number of hydrogen-bond donors (Lipinski definition) is 1. The van der Waals surface area contributed by atoms with E-state index in [2.05, 4.69) is 4.98 Å². The largest absolute Gasteiger partial charge is 0.375 e. The molecule has 17 heavy (non-hydrogen) atoms. The van der Waals surface area contributed by atoms with Crippen molar-refractivity contribution in [2.45, 2.75) is 32.7 Å². The van der Waals surface area contributed by atoms with Gasteiger partial charge in [0.1, 0.15) is 0 Å². The Morgan fingerprint density at radius 2 is 2.41 bits per heavy atom. The molecule has 2 N–H and O–H groups in total. The Bertz CT molecular complexity index is 421. The second kappa shape index (κ2) is 6.21. The molecule has 1 aromatic heterocycles. The van der Waals surface area contributed by atoms with E-state index in [0.29, 0.717) is 23.8 Å². The van der Waals surface area contributed by atoms with Gasteiger partial charge >= 0.3 is 0 Å². The summed E-state index contributed by atoms with van der Waals surface area (Å²) in [5.41, 5.74) is 6.20. The van der Waals surface area contributed by atoms with Crippen LogP contribution in [0, 0.1) is 11.3 Å². The van der Waals surface area contributed by atoms with E-state index >= 15 is 0 Å². The van der Waals surface area contributed by atoms with Crippen LogP contribution in [0.15, 0.2) is 5.38 Å². The number of aromatic nitrogens is 1. The van der Waals surface area contributed by atoms with Crippen LogP contribution in [-0.4, -0.2) is 28.4 Å². The molecule has 1 rings (SSSR count). The molecule has 0 fully saturated rings. The maximum atomic E-state index is 12.0. The minimum absolute atomic E-state index is 0.0134. The summed E-state index contributed by atoms with van der Waals surface area (Å²) in [4.78, 5) is 17.8. The van der Waals surface area contributed by atoms with Crippen LogP contribution >= 0.6 is 11.3 Å². The van der Waals surface area contributed by atoms with E-state index in [-0.39, 0.29) is 18.4 Å². The minimum Gasteiger partial charge on any atom is -0.375 e. The van der Waals surface area contributed by atoms with Crippen molar-refractivity contribution in [3.63, 3.8) is 0 Å². The monoisotopic (exact) mass is 252 g/mol. The molecule has 0 unspecified atom stereocenters. The third-order valence-corrected chi connectivity index (χ3v) is 3.03. The van der Waals surface area contributed by atoms with Crippen LogP contribution in [0.2, 0.25) is 0 Å². The van der Waals surface area contributed by atoms with Crippen LogP contribution in [-0.2, 0) is 11.2 Å². The summed E-state index contributed by atoms with van der Waals surface area (Å²) in [6, 6.07) is 2.14. The van der Waals surface area contributed by atoms with Crippen molar-refractivity contribution < 1.29 is 4.79 Å². The summed E-state index contributed by atoms with van der Waals surface area (Å²) < 4.78 is 0. The summed E-state index contributed by atoms with van der Waals surface area (Å²) in [6.45, 7) is 4.34. The molecule has 0 aromatic carbocycles. The molecule has 0 aliphatic carbocycles. The quantitative estimate of drug-likeness (QED) is 0.859. The van der Waals surface area contributed by atoms with Crippen LogP contribution in [0.3, 0.4) is 0 Å². The highest BCUT2D eigenvalue weighted by Gasteiger charge is 2.17. The molecular weight excluding hydrogens is 236 g/mol. The first-order valence-corrected chi connectivity index (χ1v) is 6.29. The van der Waals surface area contributed by atoms with E-state index in [1.165, 1.54) is 11.3 Å². The summed E-state index contributed by atoms with van der Waals surface area (Å²) >= 11 is 1.33. The Kier molecular flexibility index (Phi) is 4.91.